The molecule has 0 amide bonds. The van der Waals surface area contributed by atoms with Gasteiger partial charge in [-0.05, 0) is 103 Å². The van der Waals surface area contributed by atoms with E-state index in [0.29, 0.717) is 28.8 Å². The zero-order valence-electron chi connectivity index (χ0n) is 16.7. The van der Waals surface area contributed by atoms with Gasteiger partial charge < -0.3 is 10.2 Å². The second kappa shape index (κ2) is 8.78. The molecule has 0 heterocycles. The van der Waals surface area contributed by atoms with E-state index in [9.17, 15) is 10.2 Å². The number of halogens is 1. The third-order valence-electron chi connectivity index (χ3n) is 7.76. The molecule has 6 atom stereocenters. The molecule has 5 unspecified atom stereocenters. The third kappa shape index (κ3) is 4.02. The number of hydrogen-bond acceptors (Lipinski definition) is 3. The molecule has 5 heteroatoms. The molecule has 0 aromatic heterocycles. The number of phenols is 1. The van der Waals surface area contributed by atoms with Crippen molar-refractivity contribution >= 4 is 27.7 Å². The largest absolute Gasteiger partial charge is 0.508 e. The predicted molar refractivity (Wildman–Crippen MR) is 118 cm³/mol. The van der Waals surface area contributed by atoms with Crippen molar-refractivity contribution in [1.29, 1.82) is 0 Å². The molecule has 2 saturated carbocycles. The number of hydrogen-bond donors (Lipinski definition) is 2. The number of phenolic OH excluding ortho intramolecular Hbond substituents is 1. The molecule has 3 aliphatic rings. The summed E-state index contributed by atoms with van der Waals surface area (Å²) in [5.41, 5.74) is 2.82. The number of benzene rings is 2. The molecule has 1 radical (unpaired) electrons. The van der Waals surface area contributed by atoms with E-state index in [-0.39, 0.29) is 55.6 Å². The van der Waals surface area contributed by atoms with Crippen LogP contribution in [0.5, 0.6) is 5.75 Å². The Labute approximate surface area is 221 Å². The van der Waals surface area contributed by atoms with Gasteiger partial charge in [0.2, 0.25) is 0 Å². The van der Waals surface area contributed by atoms with E-state index >= 15 is 0 Å². The Bertz CT molecular complexity index is 889. The van der Waals surface area contributed by atoms with Crippen LogP contribution in [0.2, 0.25) is 0 Å². The molecule has 0 spiro atoms. The van der Waals surface area contributed by atoms with Crippen LogP contribution in [0.4, 0.5) is 0 Å². The van der Waals surface area contributed by atoms with Gasteiger partial charge in [-0.25, -0.2) is 0 Å². The fraction of sp³-hybridized carbons (Fsp3) is 0.500. The van der Waals surface area contributed by atoms with Gasteiger partial charge in [0.25, 0.3) is 0 Å². The summed E-state index contributed by atoms with van der Waals surface area (Å²) in [5.74, 6) is 2.08. The van der Waals surface area contributed by atoms with Crippen molar-refractivity contribution in [2.45, 2.75) is 61.2 Å². The summed E-state index contributed by atoms with van der Waals surface area (Å²) in [6.45, 7) is 2.33. The Morgan fingerprint density at radius 2 is 1.83 bits per heavy atom. The van der Waals surface area contributed by atoms with Crippen molar-refractivity contribution in [3.63, 3.8) is 0 Å². The van der Waals surface area contributed by atoms with Crippen LogP contribution >= 0.6 is 27.7 Å². The maximum absolute atomic E-state index is 10.8. The molecule has 0 bridgehead atoms. The topological polar surface area (TPSA) is 40.5 Å². The molecular formula is C24H27AcBrO2S. The van der Waals surface area contributed by atoms with Crippen molar-refractivity contribution in [2.75, 3.05) is 0 Å². The van der Waals surface area contributed by atoms with Crippen LogP contribution in [0.3, 0.4) is 0 Å². The number of aliphatic hydroxyl groups excluding tert-OH is 1. The molecular weight excluding hydrogens is 659 g/mol. The molecule has 2 aromatic rings. The summed E-state index contributed by atoms with van der Waals surface area (Å²) in [5, 5.41) is 21.3. The molecule has 2 nitrogen and oxygen atoms in total. The monoisotopic (exact) mass is 685 g/mol. The summed E-state index contributed by atoms with van der Waals surface area (Å²) < 4.78 is 1.11. The van der Waals surface area contributed by atoms with Gasteiger partial charge in [0, 0.05) is 58.7 Å². The molecule has 5 rings (SSSR count). The second-order valence-electron chi connectivity index (χ2n) is 9.13. The van der Waals surface area contributed by atoms with Crippen LogP contribution in [0.15, 0.2) is 51.8 Å². The first-order valence-electron chi connectivity index (χ1n) is 10.4. The number of fused-ring (bicyclic) bond motifs is 5. The SMILES string of the molecule is C[C@]12CCC3c4ccc(O)cc4CC(Sc4ccc(Br)cc4)C3C1CCC2O.[Ac]. The van der Waals surface area contributed by atoms with Gasteiger partial charge in [-0.3, -0.25) is 0 Å². The average Bonchev–Trinajstić information content (AvgIpc) is 2.98. The molecule has 0 saturated heterocycles. The van der Waals surface area contributed by atoms with Gasteiger partial charge >= 0.3 is 0 Å². The summed E-state index contributed by atoms with van der Waals surface area (Å²) in [6, 6.07) is 14.6. The molecule has 2 N–H and O–H groups in total. The van der Waals surface area contributed by atoms with E-state index in [2.05, 4.69) is 53.2 Å². The zero-order valence-corrected chi connectivity index (χ0v) is 23.9. The van der Waals surface area contributed by atoms with Gasteiger partial charge in [0.1, 0.15) is 5.75 Å². The first-order valence-corrected chi connectivity index (χ1v) is 12.0. The van der Waals surface area contributed by atoms with Crippen molar-refractivity contribution in [2.24, 2.45) is 17.3 Å². The second-order valence-corrected chi connectivity index (χ2v) is 11.4. The normalized spacial score (nSPS) is 35.2. The van der Waals surface area contributed by atoms with Crippen LogP contribution < -0.4 is 0 Å². The number of aliphatic hydroxyl groups is 1. The quantitative estimate of drug-likeness (QED) is 0.399. The Morgan fingerprint density at radius 1 is 1.07 bits per heavy atom. The maximum Gasteiger partial charge on any atom is 0.115 e. The summed E-state index contributed by atoms with van der Waals surface area (Å²) in [7, 11) is 0. The minimum absolute atomic E-state index is 0. The predicted octanol–water partition coefficient (Wildman–Crippen LogP) is 6.14. The number of aromatic hydroxyl groups is 1. The maximum atomic E-state index is 10.8. The molecule has 3 aliphatic carbocycles. The third-order valence-corrected chi connectivity index (χ3v) is 9.62. The van der Waals surface area contributed by atoms with Crippen LogP contribution in [-0.4, -0.2) is 21.6 Å². The van der Waals surface area contributed by atoms with Crippen molar-refractivity contribution in [3.05, 3.63) is 58.1 Å². The first-order chi connectivity index (χ1) is 13.5. The van der Waals surface area contributed by atoms with E-state index in [4.69, 9.17) is 0 Å². The average molecular weight is 686 g/mol. The molecule has 29 heavy (non-hydrogen) atoms. The minimum atomic E-state index is -0.155. The summed E-state index contributed by atoms with van der Waals surface area (Å²) >= 11 is 5.53. The Kier molecular flexibility index (Phi) is 6.86. The van der Waals surface area contributed by atoms with Crippen LogP contribution in [-0.2, 0) is 6.42 Å². The van der Waals surface area contributed by atoms with Gasteiger partial charge in [-0.15, -0.1) is 11.8 Å². The van der Waals surface area contributed by atoms with Crippen molar-refractivity contribution in [1.82, 2.24) is 0 Å². The molecule has 2 fully saturated rings. The Hall–Kier alpha value is 0.472. The van der Waals surface area contributed by atoms with Gasteiger partial charge in [0.15, 0.2) is 0 Å². The zero-order chi connectivity index (χ0) is 19.5. The number of thioether (sulfide) groups is 1. The summed E-state index contributed by atoms with van der Waals surface area (Å²) in [4.78, 5) is 1.31. The van der Waals surface area contributed by atoms with E-state index in [1.165, 1.54) is 16.0 Å². The van der Waals surface area contributed by atoms with E-state index in [0.717, 1.165) is 36.6 Å². The minimum Gasteiger partial charge on any atom is -0.508 e. The smallest absolute Gasteiger partial charge is 0.115 e. The van der Waals surface area contributed by atoms with Gasteiger partial charge in [-0.2, -0.15) is 0 Å². The van der Waals surface area contributed by atoms with Gasteiger partial charge in [0.05, 0.1) is 6.10 Å². The van der Waals surface area contributed by atoms with Crippen molar-refractivity contribution in [3.8, 4) is 5.75 Å². The fourth-order valence-electron chi connectivity index (χ4n) is 6.34. The molecule has 151 valence electrons. The molecule has 0 aliphatic heterocycles. The van der Waals surface area contributed by atoms with Crippen LogP contribution in [0.1, 0.15) is 49.7 Å². The Balaban J connectivity index is 0.00000205. The fourth-order valence-corrected chi connectivity index (χ4v) is 8.05. The van der Waals surface area contributed by atoms with E-state index in [1.54, 1.807) is 0 Å². The van der Waals surface area contributed by atoms with E-state index in [1.807, 2.05) is 23.9 Å². The van der Waals surface area contributed by atoms with Crippen LogP contribution in [0, 0.1) is 61.3 Å². The van der Waals surface area contributed by atoms with Gasteiger partial charge in [-0.1, -0.05) is 28.9 Å². The number of rotatable bonds is 2. The first kappa shape index (κ1) is 22.7. The van der Waals surface area contributed by atoms with Crippen LogP contribution in [0.25, 0.3) is 0 Å². The summed E-state index contributed by atoms with van der Waals surface area (Å²) in [6.07, 6.45) is 5.18. The van der Waals surface area contributed by atoms with Crippen molar-refractivity contribution < 1.29 is 54.3 Å². The standard InChI is InChI=1S/C24H27BrO2S.Ac/c1-24-11-10-19-18-7-4-16(26)12-14(18)13-21(23(19)20(24)8-9-22(24)27)28-17-5-2-15(25)3-6-17;/h2-7,12,19-23,26-27H,8-11,13H2,1H3;/t19?,20?,21?,22?,23?,24-;/m0./s1. The Morgan fingerprint density at radius 3 is 2.59 bits per heavy atom. The molecule has 2 aromatic carbocycles. The van der Waals surface area contributed by atoms with E-state index < -0.39 is 0 Å².